The Morgan fingerprint density at radius 2 is 2.00 bits per heavy atom. The highest BCUT2D eigenvalue weighted by atomic mass is 16.4. The molecule has 0 aromatic heterocycles. The molecule has 0 fully saturated rings. The molecule has 4 nitrogen and oxygen atoms in total. The molecule has 76 valence electrons. The standard InChI is InChI=1S/C10H14N2O2/c1-10(2,9(13)14)12-8-6-4-3-5-7(8)11/h3-6,12H,11H2,1-2H3,(H,13,14). The van der Waals surface area contributed by atoms with Gasteiger partial charge in [-0.05, 0) is 26.0 Å². The van der Waals surface area contributed by atoms with Gasteiger partial charge < -0.3 is 16.2 Å². The number of hydrogen-bond donors (Lipinski definition) is 3. The summed E-state index contributed by atoms with van der Waals surface area (Å²) in [6, 6.07) is 7.07. The first-order chi connectivity index (χ1) is 6.43. The molecule has 14 heavy (non-hydrogen) atoms. The minimum absolute atomic E-state index is 0.543. The van der Waals surface area contributed by atoms with Crippen molar-refractivity contribution in [2.24, 2.45) is 0 Å². The van der Waals surface area contributed by atoms with E-state index in [1.807, 2.05) is 0 Å². The molecule has 0 aliphatic carbocycles. The van der Waals surface area contributed by atoms with Gasteiger partial charge in [0, 0.05) is 0 Å². The van der Waals surface area contributed by atoms with Crippen molar-refractivity contribution in [3.8, 4) is 0 Å². The maximum absolute atomic E-state index is 10.8. The predicted molar refractivity (Wildman–Crippen MR) is 56.2 cm³/mol. The monoisotopic (exact) mass is 194 g/mol. The second kappa shape index (κ2) is 3.57. The number of carbonyl (C=O) groups is 1. The van der Waals surface area contributed by atoms with Gasteiger partial charge in [0.05, 0.1) is 11.4 Å². The van der Waals surface area contributed by atoms with Crippen LogP contribution < -0.4 is 11.1 Å². The highest BCUT2D eigenvalue weighted by molar-refractivity contribution is 5.83. The number of hydrogen-bond acceptors (Lipinski definition) is 3. The molecule has 0 unspecified atom stereocenters. The van der Waals surface area contributed by atoms with E-state index in [0.717, 1.165) is 0 Å². The van der Waals surface area contributed by atoms with Crippen molar-refractivity contribution in [2.45, 2.75) is 19.4 Å². The number of nitrogen functional groups attached to an aromatic ring is 1. The van der Waals surface area contributed by atoms with Gasteiger partial charge in [0.25, 0.3) is 0 Å². The lowest BCUT2D eigenvalue weighted by Gasteiger charge is -2.23. The molecule has 1 aromatic carbocycles. The Hall–Kier alpha value is -1.71. The number of nitrogens with one attached hydrogen (secondary N) is 1. The molecule has 1 aromatic rings. The van der Waals surface area contributed by atoms with Crippen LogP contribution in [0.25, 0.3) is 0 Å². The number of rotatable bonds is 3. The smallest absolute Gasteiger partial charge is 0.328 e. The largest absolute Gasteiger partial charge is 0.480 e. The summed E-state index contributed by atoms with van der Waals surface area (Å²) in [6.45, 7) is 3.17. The molecule has 4 N–H and O–H groups in total. The van der Waals surface area contributed by atoms with Crippen LogP contribution in [0.2, 0.25) is 0 Å². The Kier molecular flexibility index (Phi) is 2.65. The molecule has 1 rings (SSSR count). The summed E-state index contributed by atoms with van der Waals surface area (Å²) < 4.78 is 0. The zero-order valence-electron chi connectivity index (χ0n) is 8.24. The van der Waals surface area contributed by atoms with Gasteiger partial charge in [-0.2, -0.15) is 0 Å². The summed E-state index contributed by atoms with van der Waals surface area (Å²) in [6.07, 6.45) is 0. The van der Waals surface area contributed by atoms with E-state index in [1.54, 1.807) is 38.1 Å². The summed E-state index contributed by atoms with van der Waals surface area (Å²) in [5.41, 5.74) is 5.84. The van der Waals surface area contributed by atoms with Crippen LogP contribution in [0, 0.1) is 0 Å². The average molecular weight is 194 g/mol. The maximum Gasteiger partial charge on any atom is 0.328 e. The van der Waals surface area contributed by atoms with Crippen molar-refractivity contribution in [2.75, 3.05) is 11.1 Å². The van der Waals surface area contributed by atoms with E-state index in [2.05, 4.69) is 5.32 Å². The molecule has 0 heterocycles. The Morgan fingerprint density at radius 1 is 1.43 bits per heavy atom. The van der Waals surface area contributed by atoms with E-state index in [9.17, 15) is 4.79 Å². The lowest BCUT2D eigenvalue weighted by Crippen LogP contribution is -2.40. The quantitative estimate of drug-likeness (QED) is 0.638. The maximum atomic E-state index is 10.8. The molecular weight excluding hydrogens is 180 g/mol. The molecule has 0 saturated heterocycles. The van der Waals surface area contributed by atoms with Crippen molar-refractivity contribution in [1.82, 2.24) is 0 Å². The van der Waals surface area contributed by atoms with Crippen molar-refractivity contribution < 1.29 is 9.90 Å². The van der Waals surface area contributed by atoms with Crippen LogP contribution in [0.1, 0.15) is 13.8 Å². The summed E-state index contributed by atoms with van der Waals surface area (Å²) in [4.78, 5) is 10.8. The minimum Gasteiger partial charge on any atom is -0.480 e. The molecule has 4 heteroatoms. The Morgan fingerprint density at radius 3 is 2.50 bits per heavy atom. The van der Waals surface area contributed by atoms with Crippen LogP contribution in [0.4, 0.5) is 11.4 Å². The van der Waals surface area contributed by atoms with Crippen molar-refractivity contribution in [3.63, 3.8) is 0 Å². The van der Waals surface area contributed by atoms with E-state index in [0.29, 0.717) is 11.4 Å². The minimum atomic E-state index is -1.02. The normalized spacial score (nSPS) is 11.0. The van der Waals surface area contributed by atoms with Gasteiger partial charge in [-0.3, -0.25) is 0 Å². The van der Waals surface area contributed by atoms with Crippen molar-refractivity contribution in [1.29, 1.82) is 0 Å². The van der Waals surface area contributed by atoms with Gasteiger partial charge in [-0.1, -0.05) is 12.1 Å². The summed E-state index contributed by atoms with van der Waals surface area (Å²) in [7, 11) is 0. The van der Waals surface area contributed by atoms with Gasteiger partial charge in [-0.15, -0.1) is 0 Å². The van der Waals surface area contributed by atoms with Crippen LogP contribution in [0.15, 0.2) is 24.3 Å². The number of nitrogens with two attached hydrogens (primary N) is 1. The second-order valence-electron chi connectivity index (χ2n) is 3.64. The number of aliphatic carboxylic acids is 1. The van der Waals surface area contributed by atoms with Gasteiger partial charge in [0.2, 0.25) is 0 Å². The third-order valence-corrected chi connectivity index (χ3v) is 1.94. The van der Waals surface area contributed by atoms with E-state index in [-0.39, 0.29) is 0 Å². The SMILES string of the molecule is CC(C)(Nc1ccccc1N)C(=O)O. The van der Waals surface area contributed by atoms with Crippen LogP contribution in [0.5, 0.6) is 0 Å². The topological polar surface area (TPSA) is 75.3 Å². The van der Waals surface area contributed by atoms with Crippen molar-refractivity contribution in [3.05, 3.63) is 24.3 Å². The van der Waals surface area contributed by atoms with Gasteiger partial charge in [0.1, 0.15) is 5.54 Å². The van der Waals surface area contributed by atoms with Crippen LogP contribution >= 0.6 is 0 Å². The molecule has 0 atom stereocenters. The number of carboxylic acids is 1. The fourth-order valence-corrected chi connectivity index (χ4v) is 1.00. The van der Waals surface area contributed by atoms with E-state index < -0.39 is 11.5 Å². The lowest BCUT2D eigenvalue weighted by atomic mass is 10.1. The molecule has 0 amide bonds. The fourth-order valence-electron chi connectivity index (χ4n) is 1.00. The first-order valence-electron chi connectivity index (χ1n) is 4.29. The Balaban J connectivity index is 2.89. The lowest BCUT2D eigenvalue weighted by molar-refractivity contribution is -0.141. The fraction of sp³-hybridized carbons (Fsp3) is 0.300. The Labute approximate surface area is 82.7 Å². The number of carboxylic acid groups (broad SMARTS) is 1. The van der Waals surface area contributed by atoms with Crippen molar-refractivity contribution >= 4 is 17.3 Å². The molecule has 0 aliphatic heterocycles. The van der Waals surface area contributed by atoms with Crippen LogP contribution in [-0.4, -0.2) is 16.6 Å². The van der Waals surface area contributed by atoms with Crippen LogP contribution in [-0.2, 0) is 4.79 Å². The molecule has 0 aliphatic rings. The Bertz CT molecular complexity index is 348. The average Bonchev–Trinajstić information content (AvgIpc) is 2.08. The predicted octanol–water partition coefficient (Wildman–Crippen LogP) is 1.54. The van der Waals surface area contributed by atoms with Gasteiger partial charge in [-0.25, -0.2) is 4.79 Å². The zero-order chi connectivity index (χ0) is 10.8. The van der Waals surface area contributed by atoms with Crippen LogP contribution in [0.3, 0.4) is 0 Å². The van der Waals surface area contributed by atoms with E-state index in [4.69, 9.17) is 10.8 Å². The first kappa shape index (κ1) is 10.4. The third-order valence-electron chi connectivity index (χ3n) is 1.94. The summed E-state index contributed by atoms with van der Waals surface area (Å²) in [5.74, 6) is -0.916. The number of anilines is 2. The van der Waals surface area contributed by atoms with Gasteiger partial charge in [0.15, 0.2) is 0 Å². The molecule has 0 spiro atoms. The molecule has 0 bridgehead atoms. The number of benzene rings is 1. The molecule has 0 saturated carbocycles. The number of para-hydroxylation sites is 2. The first-order valence-corrected chi connectivity index (χ1v) is 4.29. The summed E-state index contributed by atoms with van der Waals surface area (Å²) >= 11 is 0. The zero-order valence-corrected chi connectivity index (χ0v) is 8.24. The van der Waals surface area contributed by atoms with Gasteiger partial charge >= 0.3 is 5.97 Å². The highest BCUT2D eigenvalue weighted by Crippen LogP contribution is 2.21. The second-order valence-corrected chi connectivity index (χ2v) is 3.64. The van der Waals surface area contributed by atoms with E-state index in [1.165, 1.54) is 0 Å². The van der Waals surface area contributed by atoms with E-state index >= 15 is 0 Å². The molecule has 0 radical (unpaired) electrons. The highest BCUT2D eigenvalue weighted by Gasteiger charge is 2.26. The molecular formula is C10H14N2O2. The third kappa shape index (κ3) is 2.16. The summed E-state index contributed by atoms with van der Waals surface area (Å²) in [5, 5.41) is 11.8.